The number of methoxy groups -OCH3 is 1. The second kappa shape index (κ2) is 10.0. The second-order valence-electron chi connectivity index (χ2n) is 7.61. The van der Waals surface area contributed by atoms with E-state index in [1.54, 1.807) is 20.2 Å². The number of benzene rings is 3. The number of hydrogen-bond donors (Lipinski definition) is 1. The third-order valence-electron chi connectivity index (χ3n) is 5.27. The Labute approximate surface area is 194 Å². The third kappa shape index (κ3) is 5.04. The molecule has 1 aromatic heterocycles. The molecule has 5 heteroatoms. The van der Waals surface area contributed by atoms with Crippen LogP contribution in [0.1, 0.15) is 22.8 Å². The van der Waals surface area contributed by atoms with Gasteiger partial charge in [0.15, 0.2) is 0 Å². The monoisotopic (exact) mass is 438 g/mol. The lowest BCUT2D eigenvalue weighted by Gasteiger charge is -2.15. The minimum atomic E-state index is -0.354. The van der Waals surface area contributed by atoms with Crippen LogP contribution in [0.3, 0.4) is 0 Å². The first-order chi connectivity index (χ1) is 16.1. The number of rotatable bonds is 7. The maximum absolute atomic E-state index is 12.5. The number of ether oxygens (including phenoxy) is 2. The first-order valence-corrected chi connectivity index (χ1v) is 10.8. The van der Waals surface area contributed by atoms with Crippen LogP contribution in [0.15, 0.2) is 85.1 Å². The lowest BCUT2D eigenvalue weighted by molar-refractivity contribution is 0.0527. The van der Waals surface area contributed by atoms with E-state index < -0.39 is 0 Å². The van der Waals surface area contributed by atoms with Gasteiger partial charge in [-0.3, -0.25) is 4.98 Å². The maximum atomic E-state index is 12.5. The average molecular weight is 439 g/mol. The van der Waals surface area contributed by atoms with E-state index >= 15 is 0 Å². The van der Waals surface area contributed by atoms with Gasteiger partial charge >= 0.3 is 5.97 Å². The summed E-state index contributed by atoms with van der Waals surface area (Å²) >= 11 is 0. The molecule has 166 valence electrons. The third-order valence-corrected chi connectivity index (χ3v) is 5.27. The van der Waals surface area contributed by atoms with Crippen LogP contribution in [-0.2, 0) is 4.74 Å². The molecule has 4 aromatic rings. The highest BCUT2D eigenvalue weighted by Crippen LogP contribution is 2.35. The molecular weight excluding hydrogens is 412 g/mol. The minimum absolute atomic E-state index is 0.321. The Hall–Kier alpha value is -4.12. The van der Waals surface area contributed by atoms with Gasteiger partial charge < -0.3 is 14.8 Å². The van der Waals surface area contributed by atoms with Gasteiger partial charge in [-0.15, -0.1) is 0 Å². The Morgan fingerprint density at radius 1 is 0.939 bits per heavy atom. The zero-order chi connectivity index (χ0) is 23.2. The number of carbonyl (C=O) groups is 1. The van der Waals surface area contributed by atoms with Crippen molar-refractivity contribution in [2.75, 3.05) is 19.0 Å². The van der Waals surface area contributed by atoms with Crippen molar-refractivity contribution in [2.24, 2.45) is 0 Å². The van der Waals surface area contributed by atoms with Gasteiger partial charge in [0.25, 0.3) is 0 Å². The summed E-state index contributed by atoms with van der Waals surface area (Å²) < 4.78 is 10.7. The van der Waals surface area contributed by atoms with Crippen molar-refractivity contribution >= 4 is 17.3 Å². The Balaban J connectivity index is 1.78. The van der Waals surface area contributed by atoms with E-state index in [0.29, 0.717) is 17.9 Å². The predicted octanol–water partition coefficient (Wildman–Crippen LogP) is 6.65. The number of hydrogen-bond acceptors (Lipinski definition) is 5. The van der Waals surface area contributed by atoms with Gasteiger partial charge in [-0.05, 0) is 49.7 Å². The molecule has 0 unspecified atom stereocenters. The fraction of sp³-hybridized carbons (Fsp3) is 0.143. The Morgan fingerprint density at radius 2 is 1.73 bits per heavy atom. The van der Waals surface area contributed by atoms with Crippen molar-refractivity contribution < 1.29 is 14.3 Å². The van der Waals surface area contributed by atoms with Crippen LogP contribution in [0.4, 0.5) is 11.4 Å². The Morgan fingerprint density at radius 3 is 2.48 bits per heavy atom. The summed E-state index contributed by atoms with van der Waals surface area (Å²) in [5.74, 6) is 0.419. The SMILES string of the molecule is CCOC(=O)c1cc(C)ccc1Nc1cnc(-c2cccc(OC)c2)c(-c2ccccc2)c1. The number of nitrogens with one attached hydrogen (secondary N) is 1. The molecule has 0 spiro atoms. The molecule has 0 bridgehead atoms. The van der Waals surface area contributed by atoms with Gasteiger partial charge in [0.05, 0.1) is 42.5 Å². The molecule has 0 amide bonds. The summed E-state index contributed by atoms with van der Waals surface area (Å²) in [4.78, 5) is 17.3. The summed E-state index contributed by atoms with van der Waals surface area (Å²) in [6, 6.07) is 25.7. The van der Waals surface area contributed by atoms with Crippen LogP contribution in [0.25, 0.3) is 22.4 Å². The Bertz CT molecular complexity index is 1270. The highest BCUT2D eigenvalue weighted by atomic mass is 16.5. The van der Waals surface area contributed by atoms with Gasteiger partial charge in [0.2, 0.25) is 0 Å². The zero-order valence-electron chi connectivity index (χ0n) is 19.0. The van der Waals surface area contributed by atoms with Gasteiger partial charge in [-0.2, -0.15) is 0 Å². The first kappa shape index (κ1) is 22.1. The van der Waals surface area contributed by atoms with Gasteiger partial charge in [0.1, 0.15) is 5.75 Å². The van der Waals surface area contributed by atoms with E-state index in [1.807, 2.05) is 73.7 Å². The summed E-state index contributed by atoms with van der Waals surface area (Å²) in [5, 5.41) is 3.36. The molecule has 1 heterocycles. The largest absolute Gasteiger partial charge is 0.497 e. The molecule has 0 saturated carbocycles. The quantitative estimate of drug-likeness (QED) is 0.327. The normalized spacial score (nSPS) is 10.5. The molecule has 0 aliphatic heterocycles. The molecule has 0 fully saturated rings. The topological polar surface area (TPSA) is 60.5 Å². The van der Waals surface area contributed by atoms with Crippen LogP contribution >= 0.6 is 0 Å². The predicted molar refractivity (Wildman–Crippen MR) is 132 cm³/mol. The standard InChI is InChI=1S/C28H26N2O3/c1-4-33-28(31)25-15-19(2)13-14-26(25)30-22-17-24(20-9-6-5-7-10-20)27(29-18-22)21-11-8-12-23(16-21)32-3/h5-18,30H,4H2,1-3H3. The second-order valence-corrected chi connectivity index (χ2v) is 7.61. The van der Waals surface area contributed by atoms with Gasteiger partial charge in [-0.1, -0.05) is 54.1 Å². The van der Waals surface area contributed by atoms with E-state index in [1.165, 1.54) is 0 Å². The average Bonchev–Trinajstić information content (AvgIpc) is 2.86. The number of aryl methyl sites for hydroxylation is 1. The van der Waals surface area contributed by atoms with Crippen LogP contribution < -0.4 is 10.1 Å². The van der Waals surface area contributed by atoms with E-state index in [2.05, 4.69) is 17.4 Å². The van der Waals surface area contributed by atoms with Gasteiger partial charge in [0, 0.05) is 11.1 Å². The molecule has 5 nitrogen and oxygen atoms in total. The lowest BCUT2D eigenvalue weighted by atomic mass is 9.98. The Kier molecular flexibility index (Phi) is 6.69. The van der Waals surface area contributed by atoms with Crippen LogP contribution in [0, 0.1) is 6.92 Å². The molecule has 0 atom stereocenters. The summed E-state index contributed by atoms with van der Waals surface area (Å²) in [6.07, 6.45) is 1.77. The van der Waals surface area contributed by atoms with Crippen molar-refractivity contribution in [3.05, 3.63) is 96.2 Å². The maximum Gasteiger partial charge on any atom is 0.340 e. The highest BCUT2D eigenvalue weighted by molar-refractivity contribution is 5.97. The van der Waals surface area contributed by atoms with E-state index in [0.717, 1.165) is 39.4 Å². The molecule has 0 saturated heterocycles. The summed E-state index contributed by atoms with van der Waals surface area (Å²) in [6.45, 7) is 4.07. The van der Waals surface area contributed by atoms with E-state index in [4.69, 9.17) is 14.5 Å². The minimum Gasteiger partial charge on any atom is -0.497 e. The highest BCUT2D eigenvalue weighted by Gasteiger charge is 2.15. The fourth-order valence-electron chi connectivity index (χ4n) is 3.67. The molecular formula is C28H26N2O3. The number of aromatic nitrogens is 1. The molecule has 0 radical (unpaired) electrons. The van der Waals surface area contributed by atoms with Crippen molar-refractivity contribution in [1.29, 1.82) is 0 Å². The van der Waals surface area contributed by atoms with Crippen LogP contribution in [0.2, 0.25) is 0 Å². The van der Waals surface area contributed by atoms with Crippen LogP contribution in [0.5, 0.6) is 5.75 Å². The number of anilines is 2. The summed E-state index contributed by atoms with van der Waals surface area (Å²) in [5.41, 5.74) is 6.75. The molecule has 33 heavy (non-hydrogen) atoms. The lowest BCUT2D eigenvalue weighted by Crippen LogP contribution is -2.08. The van der Waals surface area contributed by atoms with Gasteiger partial charge in [-0.25, -0.2) is 4.79 Å². The zero-order valence-corrected chi connectivity index (χ0v) is 19.0. The van der Waals surface area contributed by atoms with Crippen molar-refractivity contribution in [3.63, 3.8) is 0 Å². The molecule has 0 aliphatic rings. The number of carbonyl (C=O) groups excluding carboxylic acids is 1. The van der Waals surface area contributed by atoms with Crippen molar-refractivity contribution in [2.45, 2.75) is 13.8 Å². The van der Waals surface area contributed by atoms with E-state index in [9.17, 15) is 4.79 Å². The van der Waals surface area contributed by atoms with Crippen molar-refractivity contribution in [3.8, 4) is 28.1 Å². The molecule has 3 aromatic carbocycles. The van der Waals surface area contributed by atoms with E-state index in [-0.39, 0.29) is 5.97 Å². The molecule has 4 rings (SSSR count). The molecule has 1 N–H and O–H groups in total. The smallest absolute Gasteiger partial charge is 0.340 e. The number of pyridine rings is 1. The van der Waals surface area contributed by atoms with Crippen LogP contribution in [-0.4, -0.2) is 24.7 Å². The van der Waals surface area contributed by atoms with Crippen molar-refractivity contribution in [1.82, 2.24) is 4.98 Å². The number of esters is 1. The fourth-order valence-corrected chi connectivity index (χ4v) is 3.67. The summed E-state index contributed by atoms with van der Waals surface area (Å²) in [7, 11) is 1.65. The molecule has 0 aliphatic carbocycles. The first-order valence-electron chi connectivity index (χ1n) is 10.8. The number of nitrogens with zero attached hydrogens (tertiary/aromatic N) is 1.